The fourth-order valence-corrected chi connectivity index (χ4v) is 3.66. The third kappa shape index (κ3) is 2.49. The molecule has 6 nitrogen and oxygen atoms in total. The van der Waals surface area contributed by atoms with Crippen LogP contribution in [0.3, 0.4) is 0 Å². The highest BCUT2D eigenvalue weighted by atomic mass is 16.5. The molecule has 20 heavy (non-hydrogen) atoms. The van der Waals surface area contributed by atoms with Gasteiger partial charge in [0.15, 0.2) is 0 Å². The number of urea groups is 1. The third-order valence-corrected chi connectivity index (χ3v) is 4.84. The summed E-state index contributed by atoms with van der Waals surface area (Å²) in [4.78, 5) is 27.4. The van der Waals surface area contributed by atoms with E-state index in [0.717, 1.165) is 19.3 Å². The Bertz CT molecular complexity index is 393. The fraction of sp³-hybridized carbons (Fsp3) is 0.857. The lowest BCUT2D eigenvalue weighted by atomic mass is 9.97. The molecular formula is C14H22N2O4. The van der Waals surface area contributed by atoms with Crippen LogP contribution >= 0.6 is 0 Å². The molecule has 0 radical (unpaired) electrons. The highest BCUT2D eigenvalue weighted by Gasteiger charge is 2.40. The topological polar surface area (TPSA) is 70.1 Å². The van der Waals surface area contributed by atoms with Crippen LogP contribution in [0.4, 0.5) is 4.79 Å². The predicted octanol–water partition coefficient (Wildman–Crippen LogP) is 1.16. The van der Waals surface area contributed by atoms with Gasteiger partial charge in [0.05, 0.1) is 24.7 Å². The van der Waals surface area contributed by atoms with Crippen molar-refractivity contribution in [2.75, 3.05) is 26.2 Å². The van der Waals surface area contributed by atoms with Gasteiger partial charge in [-0.15, -0.1) is 0 Å². The summed E-state index contributed by atoms with van der Waals surface area (Å²) in [7, 11) is 0. The first kappa shape index (κ1) is 13.7. The summed E-state index contributed by atoms with van der Waals surface area (Å²) in [6.45, 7) is 2.41. The van der Waals surface area contributed by atoms with E-state index in [9.17, 15) is 9.59 Å². The van der Waals surface area contributed by atoms with Crippen LogP contribution < -0.4 is 0 Å². The van der Waals surface area contributed by atoms with Crippen molar-refractivity contribution < 1.29 is 19.4 Å². The third-order valence-electron chi connectivity index (χ3n) is 4.84. The van der Waals surface area contributed by atoms with Crippen molar-refractivity contribution >= 4 is 12.0 Å². The van der Waals surface area contributed by atoms with Crippen LogP contribution in [-0.2, 0) is 9.53 Å². The molecule has 6 heteroatoms. The number of carboxylic acid groups (broad SMARTS) is 1. The van der Waals surface area contributed by atoms with E-state index < -0.39 is 5.97 Å². The molecule has 112 valence electrons. The maximum atomic E-state index is 12.6. The number of piperidine rings is 1. The van der Waals surface area contributed by atoms with Crippen molar-refractivity contribution in [3.63, 3.8) is 0 Å². The van der Waals surface area contributed by atoms with Gasteiger partial charge in [-0.1, -0.05) is 0 Å². The van der Waals surface area contributed by atoms with Crippen LogP contribution in [0.15, 0.2) is 0 Å². The number of rotatable bonds is 1. The summed E-state index contributed by atoms with van der Waals surface area (Å²) in [5.41, 5.74) is 0. The average molecular weight is 282 g/mol. The number of ether oxygens (including phenoxy) is 1. The van der Waals surface area contributed by atoms with Crippen LogP contribution in [0.5, 0.6) is 0 Å². The van der Waals surface area contributed by atoms with E-state index >= 15 is 0 Å². The maximum absolute atomic E-state index is 12.6. The highest BCUT2D eigenvalue weighted by Crippen LogP contribution is 2.31. The minimum Gasteiger partial charge on any atom is -0.481 e. The van der Waals surface area contributed by atoms with Gasteiger partial charge in [0.2, 0.25) is 0 Å². The zero-order valence-electron chi connectivity index (χ0n) is 11.7. The molecule has 2 unspecified atom stereocenters. The summed E-state index contributed by atoms with van der Waals surface area (Å²) < 4.78 is 5.73. The quantitative estimate of drug-likeness (QED) is 0.783. The Hall–Kier alpha value is -1.30. The number of amides is 2. The van der Waals surface area contributed by atoms with Gasteiger partial charge in [0.1, 0.15) is 0 Å². The largest absolute Gasteiger partial charge is 0.481 e. The summed E-state index contributed by atoms with van der Waals surface area (Å²) >= 11 is 0. The van der Waals surface area contributed by atoms with Gasteiger partial charge in [-0.05, 0) is 32.1 Å². The first-order valence-corrected chi connectivity index (χ1v) is 7.57. The average Bonchev–Trinajstić information content (AvgIpc) is 2.95. The Kier molecular flexibility index (Phi) is 3.83. The Morgan fingerprint density at radius 2 is 1.80 bits per heavy atom. The number of hydrogen-bond donors (Lipinski definition) is 1. The van der Waals surface area contributed by atoms with Crippen molar-refractivity contribution in [3.8, 4) is 0 Å². The molecule has 2 aliphatic heterocycles. The molecule has 0 bridgehead atoms. The molecular weight excluding hydrogens is 260 g/mol. The first-order chi connectivity index (χ1) is 9.66. The number of carboxylic acids is 1. The molecule has 3 aliphatic rings. The molecule has 1 aliphatic carbocycles. The summed E-state index contributed by atoms with van der Waals surface area (Å²) in [6.07, 6.45) is 4.56. The van der Waals surface area contributed by atoms with E-state index in [1.807, 2.05) is 9.80 Å². The zero-order valence-corrected chi connectivity index (χ0v) is 11.7. The second-order valence-corrected chi connectivity index (χ2v) is 5.98. The molecule has 0 spiro atoms. The van der Waals surface area contributed by atoms with E-state index in [0.29, 0.717) is 39.1 Å². The van der Waals surface area contributed by atoms with Gasteiger partial charge < -0.3 is 19.6 Å². The second kappa shape index (κ2) is 5.60. The van der Waals surface area contributed by atoms with Gasteiger partial charge in [0, 0.05) is 19.6 Å². The van der Waals surface area contributed by atoms with Crippen LogP contribution in [0, 0.1) is 5.92 Å². The van der Waals surface area contributed by atoms with E-state index in [4.69, 9.17) is 9.84 Å². The van der Waals surface area contributed by atoms with E-state index in [2.05, 4.69) is 0 Å². The highest BCUT2D eigenvalue weighted by molar-refractivity contribution is 5.76. The number of nitrogens with zero attached hydrogens (tertiary/aromatic N) is 2. The minimum atomic E-state index is -0.737. The Morgan fingerprint density at radius 3 is 2.50 bits per heavy atom. The number of morpholine rings is 1. The molecule has 1 saturated carbocycles. The molecule has 0 aromatic carbocycles. The molecule has 2 atom stereocenters. The molecule has 2 heterocycles. The van der Waals surface area contributed by atoms with Crippen molar-refractivity contribution in [1.82, 2.24) is 9.80 Å². The summed E-state index contributed by atoms with van der Waals surface area (Å²) in [6, 6.07) is 0.308. The van der Waals surface area contributed by atoms with E-state index in [1.165, 1.54) is 0 Å². The van der Waals surface area contributed by atoms with Crippen LogP contribution in [0.1, 0.15) is 32.1 Å². The van der Waals surface area contributed by atoms with Gasteiger partial charge in [-0.3, -0.25) is 4.79 Å². The number of hydrogen-bond acceptors (Lipinski definition) is 3. The van der Waals surface area contributed by atoms with E-state index in [1.54, 1.807) is 0 Å². The zero-order chi connectivity index (χ0) is 14.1. The lowest BCUT2D eigenvalue weighted by Gasteiger charge is -2.41. The molecule has 3 fully saturated rings. The van der Waals surface area contributed by atoms with Gasteiger partial charge in [0.25, 0.3) is 0 Å². The molecule has 0 aromatic heterocycles. The molecule has 1 N–H and O–H groups in total. The number of aliphatic carboxylic acids is 1. The minimum absolute atomic E-state index is 0.0778. The molecule has 2 saturated heterocycles. The second-order valence-electron chi connectivity index (χ2n) is 5.98. The Morgan fingerprint density at radius 1 is 1.05 bits per heavy atom. The van der Waals surface area contributed by atoms with Crippen molar-refractivity contribution in [2.45, 2.75) is 44.2 Å². The van der Waals surface area contributed by atoms with Crippen molar-refractivity contribution in [3.05, 3.63) is 0 Å². The lowest BCUT2D eigenvalue weighted by molar-refractivity contribution is -0.143. The number of fused-ring (bicyclic) bond motifs is 1. The number of likely N-dealkylation sites (tertiary alicyclic amines) is 1. The molecule has 2 amide bonds. The lowest BCUT2D eigenvalue weighted by Crippen LogP contribution is -2.56. The number of carbonyl (C=O) groups excluding carboxylic acids is 1. The smallest absolute Gasteiger partial charge is 0.320 e. The van der Waals surface area contributed by atoms with Crippen molar-refractivity contribution in [1.29, 1.82) is 0 Å². The Balaban J connectivity index is 1.60. The van der Waals surface area contributed by atoms with Gasteiger partial charge in [-0.2, -0.15) is 0 Å². The fourth-order valence-electron chi connectivity index (χ4n) is 3.66. The van der Waals surface area contributed by atoms with Gasteiger partial charge >= 0.3 is 12.0 Å². The normalized spacial score (nSPS) is 31.2. The predicted molar refractivity (Wildman–Crippen MR) is 71.4 cm³/mol. The summed E-state index contributed by atoms with van der Waals surface area (Å²) in [5, 5.41) is 9.00. The van der Waals surface area contributed by atoms with Crippen LogP contribution in [0.25, 0.3) is 0 Å². The van der Waals surface area contributed by atoms with Gasteiger partial charge in [-0.25, -0.2) is 4.79 Å². The monoisotopic (exact) mass is 282 g/mol. The first-order valence-electron chi connectivity index (χ1n) is 7.57. The van der Waals surface area contributed by atoms with Crippen LogP contribution in [0.2, 0.25) is 0 Å². The van der Waals surface area contributed by atoms with E-state index in [-0.39, 0.29) is 24.1 Å². The standard InChI is InChI=1S/C14H22N2O4/c17-13(18)10-4-6-15(7-5-10)14(19)16-8-9-20-12-3-1-2-11(12)16/h10-12H,1-9H2,(H,17,18). The number of carbonyl (C=O) groups is 2. The SMILES string of the molecule is O=C(O)C1CCN(C(=O)N2CCOC3CCCC32)CC1. The molecule has 3 rings (SSSR count). The maximum Gasteiger partial charge on any atom is 0.320 e. The molecule has 0 aromatic rings. The Labute approximate surface area is 118 Å². The van der Waals surface area contributed by atoms with Crippen molar-refractivity contribution in [2.24, 2.45) is 5.92 Å². The summed E-state index contributed by atoms with van der Waals surface area (Å²) in [5.74, 6) is -1.03. The van der Waals surface area contributed by atoms with Crippen LogP contribution in [-0.4, -0.2) is 65.3 Å².